The van der Waals surface area contributed by atoms with E-state index in [4.69, 9.17) is 9.15 Å². The molecule has 30 heavy (non-hydrogen) atoms. The molecule has 0 N–H and O–H groups in total. The van der Waals surface area contributed by atoms with Crippen molar-refractivity contribution in [1.29, 1.82) is 0 Å². The molecule has 0 aliphatic carbocycles. The number of nitrogens with zero attached hydrogens (tertiary/aromatic N) is 5. The molecule has 2 aromatic rings. The fourth-order valence-electron chi connectivity index (χ4n) is 4.06. The van der Waals surface area contributed by atoms with Crippen LogP contribution in [0.3, 0.4) is 0 Å². The van der Waals surface area contributed by atoms with Gasteiger partial charge in [-0.25, -0.2) is 4.98 Å². The first-order valence-corrected chi connectivity index (χ1v) is 10.7. The number of methoxy groups -OCH3 is 1. The number of amides is 1. The van der Waals surface area contributed by atoms with Gasteiger partial charge >= 0.3 is 0 Å². The number of oxazole rings is 1. The first-order valence-electron chi connectivity index (χ1n) is 10.7. The zero-order chi connectivity index (χ0) is 20.9. The van der Waals surface area contributed by atoms with Gasteiger partial charge in [0.2, 0.25) is 5.89 Å². The zero-order valence-electron chi connectivity index (χ0n) is 17.9. The second-order valence-electron chi connectivity index (χ2n) is 7.81. The Kier molecular flexibility index (Phi) is 6.54. The number of anilines is 1. The van der Waals surface area contributed by atoms with Gasteiger partial charge in [-0.1, -0.05) is 6.92 Å². The standard InChI is InChI=1S/C22H31N5O3/c1-3-24-8-14-27(15-9-24)22(28)20-17-30-21(23-20)16-25-10-12-26(13-11-25)18-4-6-19(29-2)7-5-18/h4-7,17H,3,8-16H2,1-2H3. The molecule has 8 heteroatoms. The summed E-state index contributed by atoms with van der Waals surface area (Å²) in [5, 5.41) is 0. The fourth-order valence-corrected chi connectivity index (χ4v) is 4.06. The molecular weight excluding hydrogens is 382 g/mol. The summed E-state index contributed by atoms with van der Waals surface area (Å²) >= 11 is 0. The number of hydrogen-bond donors (Lipinski definition) is 0. The molecule has 2 aliphatic heterocycles. The molecule has 0 spiro atoms. The summed E-state index contributed by atoms with van der Waals surface area (Å²) < 4.78 is 10.9. The lowest BCUT2D eigenvalue weighted by Gasteiger charge is -2.35. The van der Waals surface area contributed by atoms with Crippen LogP contribution in [0.5, 0.6) is 5.75 Å². The first kappa shape index (κ1) is 20.7. The van der Waals surface area contributed by atoms with Crippen LogP contribution in [0.1, 0.15) is 23.3 Å². The van der Waals surface area contributed by atoms with Crippen molar-refractivity contribution in [3.05, 3.63) is 42.1 Å². The fraction of sp³-hybridized carbons (Fsp3) is 0.545. The highest BCUT2D eigenvalue weighted by atomic mass is 16.5. The average Bonchev–Trinajstić information content (AvgIpc) is 3.27. The molecule has 1 aromatic carbocycles. The molecule has 8 nitrogen and oxygen atoms in total. The van der Waals surface area contributed by atoms with Crippen molar-refractivity contribution in [2.75, 3.05) is 70.9 Å². The maximum atomic E-state index is 12.7. The molecule has 1 aromatic heterocycles. The van der Waals surface area contributed by atoms with Gasteiger partial charge in [0.15, 0.2) is 5.69 Å². The number of benzene rings is 1. The van der Waals surface area contributed by atoms with Crippen molar-refractivity contribution in [1.82, 2.24) is 19.7 Å². The lowest BCUT2D eigenvalue weighted by atomic mass is 10.2. The third-order valence-corrected chi connectivity index (χ3v) is 6.05. The molecule has 3 heterocycles. The Bertz CT molecular complexity index is 822. The Hall–Kier alpha value is -2.58. The van der Waals surface area contributed by atoms with Crippen LogP contribution < -0.4 is 9.64 Å². The Morgan fingerprint density at radius 3 is 2.30 bits per heavy atom. The van der Waals surface area contributed by atoms with Gasteiger partial charge in [0, 0.05) is 58.0 Å². The second kappa shape index (κ2) is 9.49. The Balaban J connectivity index is 1.27. The van der Waals surface area contributed by atoms with Crippen LogP contribution >= 0.6 is 0 Å². The van der Waals surface area contributed by atoms with Gasteiger partial charge in [-0.15, -0.1) is 0 Å². The van der Waals surface area contributed by atoms with Crippen LogP contribution in [0, 0.1) is 0 Å². The number of carbonyl (C=O) groups is 1. The van der Waals surface area contributed by atoms with Gasteiger partial charge < -0.3 is 23.9 Å². The van der Waals surface area contributed by atoms with E-state index in [9.17, 15) is 4.79 Å². The number of piperazine rings is 2. The minimum atomic E-state index is -0.0231. The van der Waals surface area contributed by atoms with Crippen molar-refractivity contribution in [2.45, 2.75) is 13.5 Å². The van der Waals surface area contributed by atoms with Crippen molar-refractivity contribution in [3.8, 4) is 5.75 Å². The molecule has 1 amide bonds. The number of hydrogen-bond acceptors (Lipinski definition) is 7. The maximum Gasteiger partial charge on any atom is 0.275 e. The highest BCUT2D eigenvalue weighted by Gasteiger charge is 2.25. The van der Waals surface area contributed by atoms with Crippen LogP contribution in [-0.2, 0) is 6.54 Å². The minimum absolute atomic E-state index is 0.0231. The van der Waals surface area contributed by atoms with Crippen LogP contribution in [0.15, 0.2) is 34.9 Å². The van der Waals surface area contributed by atoms with Gasteiger partial charge in [0.1, 0.15) is 12.0 Å². The monoisotopic (exact) mass is 413 g/mol. The smallest absolute Gasteiger partial charge is 0.275 e. The van der Waals surface area contributed by atoms with E-state index in [2.05, 4.69) is 38.7 Å². The Morgan fingerprint density at radius 2 is 1.67 bits per heavy atom. The number of likely N-dealkylation sites (N-methyl/N-ethyl adjacent to an activating group) is 1. The van der Waals surface area contributed by atoms with Crippen molar-refractivity contribution in [3.63, 3.8) is 0 Å². The van der Waals surface area contributed by atoms with Crippen LogP contribution in [0.2, 0.25) is 0 Å². The van der Waals surface area contributed by atoms with E-state index < -0.39 is 0 Å². The molecule has 0 bridgehead atoms. The van der Waals surface area contributed by atoms with Crippen LogP contribution in [0.4, 0.5) is 5.69 Å². The maximum absolute atomic E-state index is 12.7. The third-order valence-electron chi connectivity index (χ3n) is 6.05. The topological polar surface area (TPSA) is 65.3 Å². The van der Waals surface area contributed by atoms with E-state index in [1.165, 1.54) is 12.0 Å². The molecule has 0 radical (unpaired) electrons. The number of aromatic nitrogens is 1. The van der Waals surface area contributed by atoms with Gasteiger partial charge in [-0.05, 0) is 30.8 Å². The summed E-state index contributed by atoms with van der Waals surface area (Å²) in [6, 6.07) is 8.19. The van der Waals surface area contributed by atoms with E-state index >= 15 is 0 Å². The summed E-state index contributed by atoms with van der Waals surface area (Å²) in [5.41, 5.74) is 1.63. The van der Waals surface area contributed by atoms with E-state index in [-0.39, 0.29) is 5.91 Å². The second-order valence-corrected chi connectivity index (χ2v) is 7.81. The summed E-state index contributed by atoms with van der Waals surface area (Å²) in [6.45, 7) is 10.9. The number of rotatable bonds is 6. The largest absolute Gasteiger partial charge is 0.497 e. The number of carbonyl (C=O) groups excluding carboxylic acids is 1. The predicted octanol–water partition coefficient (Wildman–Crippen LogP) is 1.78. The van der Waals surface area contributed by atoms with E-state index in [1.54, 1.807) is 7.11 Å². The zero-order valence-corrected chi connectivity index (χ0v) is 17.9. The van der Waals surface area contributed by atoms with E-state index in [1.807, 2.05) is 17.0 Å². The van der Waals surface area contributed by atoms with Crippen LogP contribution in [-0.4, -0.2) is 91.6 Å². The Morgan fingerprint density at radius 1 is 1.00 bits per heavy atom. The van der Waals surface area contributed by atoms with Crippen molar-refractivity contribution < 1.29 is 13.9 Å². The lowest BCUT2D eigenvalue weighted by molar-refractivity contribution is 0.0637. The molecular formula is C22H31N5O3. The molecule has 0 atom stereocenters. The van der Waals surface area contributed by atoms with Crippen LogP contribution in [0.25, 0.3) is 0 Å². The highest BCUT2D eigenvalue weighted by Crippen LogP contribution is 2.21. The van der Waals surface area contributed by atoms with Gasteiger partial charge in [0.25, 0.3) is 5.91 Å². The van der Waals surface area contributed by atoms with Gasteiger partial charge in [0.05, 0.1) is 13.7 Å². The van der Waals surface area contributed by atoms with E-state index in [0.717, 1.165) is 64.7 Å². The lowest BCUT2D eigenvalue weighted by Crippen LogP contribution is -2.48. The first-order chi connectivity index (χ1) is 14.7. The summed E-state index contributed by atoms with van der Waals surface area (Å²) in [4.78, 5) is 26.1. The van der Waals surface area contributed by atoms with Gasteiger partial charge in [-0.2, -0.15) is 0 Å². The summed E-state index contributed by atoms with van der Waals surface area (Å²) in [6.07, 6.45) is 1.51. The molecule has 2 aliphatic rings. The normalized spacial score (nSPS) is 18.6. The van der Waals surface area contributed by atoms with Gasteiger partial charge in [-0.3, -0.25) is 9.69 Å². The molecule has 162 valence electrons. The minimum Gasteiger partial charge on any atom is -0.497 e. The van der Waals surface area contributed by atoms with E-state index in [0.29, 0.717) is 18.1 Å². The molecule has 2 fully saturated rings. The summed E-state index contributed by atoms with van der Waals surface area (Å²) in [5.74, 6) is 1.47. The average molecular weight is 414 g/mol. The Labute approximate surface area is 178 Å². The molecule has 2 saturated heterocycles. The SMILES string of the molecule is CCN1CCN(C(=O)c2coc(CN3CCN(c4ccc(OC)cc4)CC3)n2)CC1. The molecule has 4 rings (SSSR count). The molecule has 0 saturated carbocycles. The predicted molar refractivity (Wildman–Crippen MR) is 115 cm³/mol. The number of ether oxygens (including phenoxy) is 1. The van der Waals surface area contributed by atoms with Crippen molar-refractivity contribution in [2.24, 2.45) is 0 Å². The van der Waals surface area contributed by atoms with Crippen molar-refractivity contribution >= 4 is 11.6 Å². The molecule has 0 unspecified atom stereocenters. The third kappa shape index (κ3) is 4.76. The summed E-state index contributed by atoms with van der Waals surface area (Å²) in [7, 11) is 1.68. The quantitative estimate of drug-likeness (QED) is 0.715. The highest BCUT2D eigenvalue weighted by molar-refractivity contribution is 5.92.